The molecule has 102 valence electrons. The number of Topliss-reactive ketones (excluding diaryl/α,β-unsaturated/α-hetero) is 1. The molecule has 1 heterocycles. The van der Waals surface area contributed by atoms with E-state index in [9.17, 15) is 4.79 Å². The zero-order valence-corrected chi connectivity index (χ0v) is 11.7. The van der Waals surface area contributed by atoms with Gasteiger partial charge in [-0.25, -0.2) is 0 Å². The standard InChI is InChI=1S/C15H18O3S/c16-13(9-19-12-4-2-1-3-5-12)11-6-7-14-15(8-11)18-10-17-14/h6-8,12H,1-5,9-10H2. The highest BCUT2D eigenvalue weighted by molar-refractivity contribution is 8.00. The smallest absolute Gasteiger partial charge is 0.231 e. The number of thioether (sulfide) groups is 1. The quantitative estimate of drug-likeness (QED) is 0.787. The molecule has 0 saturated heterocycles. The van der Waals surface area contributed by atoms with Crippen molar-refractivity contribution in [2.45, 2.75) is 37.4 Å². The highest BCUT2D eigenvalue weighted by Crippen LogP contribution is 2.33. The van der Waals surface area contributed by atoms with Crippen LogP contribution in [0.4, 0.5) is 0 Å². The first-order valence-electron chi connectivity index (χ1n) is 6.87. The van der Waals surface area contributed by atoms with Crippen molar-refractivity contribution in [2.24, 2.45) is 0 Å². The van der Waals surface area contributed by atoms with E-state index in [2.05, 4.69) is 0 Å². The number of carbonyl (C=O) groups is 1. The van der Waals surface area contributed by atoms with Crippen LogP contribution in [0.1, 0.15) is 42.5 Å². The molecule has 0 bridgehead atoms. The summed E-state index contributed by atoms with van der Waals surface area (Å²) < 4.78 is 10.6. The van der Waals surface area contributed by atoms with Gasteiger partial charge in [0.2, 0.25) is 6.79 Å². The molecule has 1 aliphatic heterocycles. The lowest BCUT2D eigenvalue weighted by Crippen LogP contribution is -2.12. The van der Waals surface area contributed by atoms with Crippen molar-refractivity contribution in [3.05, 3.63) is 23.8 Å². The van der Waals surface area contributed by atoms with Crippen molar-refractivity contribution in [3.8, 4) is 11.5 Å². The molecule has 3 rings (SSSR count). The molecule has 0 aromatic heterocycles. The molecule has 0 atom stereocenters. The Bertz CT molecular complexity index is 466. The number of fused-ring (bicyclic) bond motifs is 1. The van der Waals surface area contributed by atoms with E-state index in [1.54, 1.807) is 6.07 Å². The zero-order valence-electron chi connectivity index (χ0n) is 10.9. The lowest BCUT2D eigenvalue weighted by Gasteiger charge is -2.20. The average Bonchev–Trinajstić information content (AvgIpc) is 2.93. The molecule has 19 heavy (non-hydrogen) atoms. The molecule has 1 aliphatic carbocycles. The molecule has 0 spiro atoms. The van der Waals surface area contributed by atoms with Gasteiger partial charge in [0.05, 0.1) is 5.75 Å². The fourth-order valence-electron chi connectivity index (χ4n) is 2.58. The minimum Gasteiger partial charge on any atom is -0.454 e. The molecule has 3 nitrogen and oxygen atoms in total. The van der Waals surface area contributed by atoms with Gasteiger partial charge < -0.3 is 9.47 Å². The molecule has 0 radical (unpaired) electrons. The Labute approximate surface area is 117 Å². The molecule has 4 heteroatoms. The first-order valence-corrected chi connectivity index (χ1v) is 7.92. The highest BCUT2D eigenvalue weighted by Gasteiger charge is 2.18. The van der Waals surface area contributed by atoms with Crippen molar-refractivity contribution < 1.29 is 14.3 Å². The largest absolute Gasteiger partial charge is 0.454 e. The minimum absolute atomic E-state index is 0.189. The highest BCUT2D eigenvalue weighted by atomic mass is 32.2. The fraction of sp³-hybridized carbons (Fsp3) is 0.533. The maximum absolute atomic E-state index is 12.2. The lowest BCUT2D eigenvalue weighted by molar-refractivity contribution is 0.102. The van der Waals surface area contributed by atoms with Gasteiger partial charge in [0.1, 0.15) is 0 Å². The van der Waals surface area contributed by atoms with Crippen molar-refractivity contribution in [3.63, 3.8) is 0 Å². The van der Waals surface area contributed by atoms with Gasteiger partial charge in [-0.05, 0) is 31.0 Å². The summed E-state index contributed by atoms with van der Waals surface area (Å²) in [5, 5.41) is 0.673. The molecule has 0 amide bonds. The van der Waals surface area contributed by atoms with Crippen LogP contribution in [0, 0.1) is 0 Å². The summed E-state index contributed by atoms with van der Waals surface area (Å²) in [5.74, 6) is 2.18. The van der Waals surface area contributed by atoms with Crippen LogP contribution in [-0.2, 0) is 0 Å². The second-order valence-corrected chi connectivity index (χ2v) is 6.35. The van der Waals surface area contributed by atoms with E-state index in [1.807, 2.05) is 23.9 Å². The number of ether oxygens (including phenoxy) is 2. The van der Waals surface area contributed by atoms with Crippen LogP contribution in [-0.4, -0.2) is 23.6 Å². The molecular formula is C15H18O3S. The van der Waals surface area contributed by atoms with E-state index in [0.29, 0.717) is 16.8 Å². The van der Waals surface area contributed by atoms with Gasteiger partial charge in [0.25, 0.3) is 0 Å². The average molecular weight is 278 g/mol. The molecular weight excluding hydrogens is 260 g/mol. The number of hydrogen-bond acceptors (Lipinski definition) is 4. The van der Waals surface area contributed by atoms with Gasteiger partial charge in [-0.1, -0.05) is 19.3 Å². The van der Waals surface area contributed by atoms with Gasteiger partial charge in [-0.3, -0.25) is 4.79 Å². The van der Waals surface area contributed by atoms with Crippen molar-refractivity contribution >= 4 is 17.5 Å². The van der Waals surface area contributed by atoms with Crippen LogP contribution < -0.4 is 9.47 Å². The van der Waals surface area contributed by atoms with Crippen LogP contribution >= 0.6 is 11.8 Å². The monoisotopic (exact) mass is 278 g/mol. The zero-order chi connectivity index (χ0) is 13.1. The summed E-state index contributed by atoms with van der Waals surface area (Å²) in [5.41, 5.74) is 0.729. The van der Waals surface area contributed by atoms with E-state index in [0.717, 1.165) is 11.3 Å². The summed E-state index contributed by atoms with van der Waals surface area (Å²) >= 11 is 1.81. The topological polar surface area (TPSA) is 35.5 Å². The molecule has 0 unspecified atom stereocenters. The van der Waals surface area contributed by atoms with Gasteiger partial charge in [0, 0.05) is 10.8 Å². The van der Waals surface area contributed by atoms with E-state index in [4.69, 9.17) is 9.47 Å². The Morgan fingerprint density at radius 2 is 1.95 bits per heavy atom. The number of ketones is 1. The molecule has 0 N–H and O–H groups in total. The summed E-state index contributed by atoms with van der Waals surface area (Å²) in [7, 11) is 0. The van der Waals surface area contributed by atoms with Gasteiger partial charge in [0.15, 0.2) is 17.3 Å². The van der Waals surface area contributed by atoms with E-state index < -0.39 is 0 Å². The summed E-state index contributed by atoms with van der Waals surface area (Å²) in [6, 6.07) is 5.45. The Morgan fingerprint density at radius 3 is 2.79 bits per heavy atom. The van der Waals surface area contributed by atoms with E-state index >= 15 is 0 Å². The van der Waals surface area contributed by atoms with E-state index in [-0.39, 0.29) is 12.6 Å². The first kappa shape index (κ1) is 12.9. The first-order chi connectivity index (χ1) is 9.33. The molecule has 1 aromatic rings. The van der Waals surface area contributed by atoms with Crippen LogP contribution in [0.2, 0.25) is 0 Å². The fourth-order valence-corrected chi connectivity index (χ4v) is 3.80. The van der Waals surface area contributed by atoms with Crippen molar-refractivity contribution in [1.82, 2.24) is 0 Å². The van der Waals surface area contributed by atoms with Crippen LogP contribution in [0.25, 0.3) is 0 Å². The normalized spacial score (nSPS) is 18.5. The number of benzene rings is 1. The van der Waals surface area contributed by atoms with Gasteiger partial charge >= 0.3 is 0 Å². The second-order valence-electron chi connectivity index (χ2n) is 5.06. The Morgan fingerprint density at radius 1 is 1.16 bits per heavy atom. The number of hydrogen-bond donors (Lipinski definition) is 0. The third-order valence-electron chi connectivity index (χ3n) is 3.70. The second kappa shape index (κ2) is 5.87. The Hall–Kier alpha value is -1.16. The maximum Gasteiger partial charge on any atom is 0.231 e. The van der Waals surface area contributed by atoms with Gasteiger partial charge in [-0.2, -0.15) is 11.8 Å². The Balaban J connectivity index is 1.57. The molecule has 2 aliphatic rings. The summed E-state index contributed by atoms with van der Waals surface area (Å²) in [6.07, 6.45) is 6.51. The predicted octanol–water partition coefficient (Wildman–Crippen LogP) is 3.66. The van der Waals surface area contributed by atoms with Crippen LogP contribution in [0.3, 0.4) is 0 Å². The maximum atomic E-state index is 12.2. The lowest BCUT2D eigenvalue weighted by atomic mass is 10.0. The third-order valence-corrected chi connectivity index (χ3v) is 5.07. The number of carbonyl (C=O) groups excluding carboxylic acids is 1. The van der Waals surface area contributed by atoms with Crippen LogP contribution in [0.15, 0.2) is 18.2 Å². The predicted molar refractivity (Wildman–Crippen MR) is 76.2 cm³/mol. The van der Waals surface area contributed by atoms with Crippen molar-refractivity contribution in [1.29, 1.82) is 0 Å². The minimum atomic E-state index is 0.189. The number of rotatable bonds is 4. The molecule has 1 fully saturated rings. The molecule has 1 saturated carbocycles. The van der Waals surface area contributed by atoms with Crippen LogP contribution in [0.5, 0.6) is 11.5 Å². The van der Waals surface area contributed by atoms with E-state index in [1.165, 1.54) is 32.1 Å². The molecule has 1 aromatic carbocycles. The SMILES string of the molecule is O=C(CSC1CCCCC1)c1ccc2c(c1)OCO2. The summed E-state index contributed by atoms with van der Waals surface area (Å²) in [4.78, 5) is 12.2. The van der Waals surface area contributed by atoms with Gasteiger partial charge in [-0.15, -0.1) is 0 Å². The summed E-state index contributed by atoms with van der Waals surface area (Å²) in [6.45, 7) is 0.254. The Kier molecular flexibility index (Phi) is 3.97. The third kappa shape index (κ3) is 3.06. The van der Waals surface area contributed by atoms with Crippen molar-refractivity contribution in [2.75, 3.05) is 12.5 Å².